The minimum Gasteiger partial charge on any atom is -0.396 e. The van der Waals surface area contributed by atoms with Gasteiger partial charge in [-0.25, -0.2) is 0 Å². The summed E-state index contributed by atoms with van der Waals surface area (Å²) in [5.74, 6) is 0.766. The quantitative estimate of drug-likeness (QED) is 0.824. The SMILES string of the molecule is CC(C)(C)C(C)(C)CNC(=O)C1CCC(CO)CC1. The number of hydrogen-bond donors (Lipinski definition) is 2. The topological polar surface area (TPSA) is 49.3 Å². The highest BCUT2D eigenvalue weighted by Crippen LogP contribution is 2.37. The Morgan fingerprint density at radius 3 is 2.05 bits per heavy atom. The molecule has 0 heterocycles. The third-order valence-electron chi connectivity index (χ3n) is 5.21. The van der Waals surface area contributed by atoms with Crippen LogP contribution in [0.3, 0.4) is 0 Å². The average Bonchev–Trinajstić information content (AvgIpc) is 2.35. The number of aliphatic hydroxyl groups excluding tert-OH is 1. The minimum absolute atomic E-state index is 0.0883. The van der Waals surface area contributed by atoms with Gasteiger partial charge < -0.3 is 10.4 Å². The molecule has 3 heteroatoms. The first-order valence-electron chi connectivity index (χ1n) is 7.56. The monoisotopic (exact) mass is 269 g/mol. The number of rotatable bonds is 4. The van der Waals surface area contributed by atoms with Crippen LogP contribution in [0, 0.1) is 22.7 Å². The molecule has 112 valence electrons. The molecule has 1 amide bonds. The van der Waals surface area contributed by atoms with Gasteiger partial charge in [0.15, 0.2) is 0 Å². The fraction of sp³-hybridized carbons (Fsp3) is 0.938. The summed E-state index contributed by atoms with van der Waals surface area (Å²) >= 11 is 0. The number of carbonyl (C=O) groups is 1. The lowest BCUT2D eigenvalue weighted by Crippen LogP contribution is -2.44. The predicted octanol–water partition coefficient (Wildman–Crippen LogP) is 2.97. The van der Waals surface area contributed by atoms with Crippen molar-refractivity contribution >= 4 is 5.91 Å². The van der Waals surface area contributed by atoms with Crippen molar-refractivity contribution in [3.05, 3.63) is 0 Å². The van der Waals surface area contributed by atoms with Crippen LogP contribution in [0.2, 0.25) is 0 Å². The third-order valence-corrected chi connectivity index (χ3v) is 5.21. The van der Waals surface area contributed by atoms with Gasteiger partial charge in [0.25, 0.3) is 0 Å². The van der Waals surface area contributed by atoms with E-state index in [1.165, 1.54) is 0 Å². The number of hydrogen-bond acceptors (Lipinski definition) is 2. The van der Waals surface area contributed by atoms with Crippen molar-refractivity contribution < 1.29 is 9.90 Å². The Hall–Kier alpha value is -0.570. The van der Waals surface area contributed by atoms with Gasteiger partial charge in [0.1, 0.15) is 0 Å². The van der Waals surface area contributed by atoms with Crippen LogP contribution in [-0.4, -0.2) is 24.2 Å². The van der Waals surface area contributed by atoms with Gasteiger partial charge in [0.2, 0.25) is 5.91 Å². The van der Waals surface area contributed by atoms with Crippen molar-refractivity contribution in [1.82, 2.24) is 5.32 Å². The molecule has 0 aromatic rings. The highest BCUT2D eigenvalue weighted by Gasteiger charge is 2.34. The Morgan fingerprint density at radius 2 is 1.63 bits per heavy atom. The molecule has 0 atom stereocenters. The maximum atomic E-state index is 12.2. The van der Waals surface area contributed by atoms with Crippen LogP contribution in [0.15, 0.2) is 0 Å². The van der Waals surface area contributed by atoms with E-state index in [9.17, 15) is 4.79 Å². The molecule has 1 rings (SSSR count). The summed E-state index contributed by atoms with van der Waals surface area (Å²) in [4.78, 5) is 12.2. The van der Waals surface area contributed by atoms with Crippen molar-refractivity contribution in [2.24, 2.45) is 22.7 Å². The third kappa shape index (κ3) is 4.48. The Kier molecular flexibility index (Phi) is 5.43. The standard InChI is InChI=1S/C16H31NO2/c1-15(2,3)16(4,5)11-17-14(19)13-8-6-12(10-18)7-9-13/h12-13,18H,6-11H2,1-5H3,(H,17,19). The highest BCUT2D eigenvalue weighted by atomic mass is 16.3. The normalized spacial score (nSPS) is 25.2. The zero-order valence-electron chi connectivity index (χ0n) is 13.3. The zero-order valence-corrected chi connectivity index (χ0v) is 13.3. The van der Waals surface area contributed by atoms with E-state index in [0.717, 1.165) is 32.2 Å². The highest BCUT2D eigenvalue weighted by molar-refractivity contribution is 5.78. The van der Waals surface area contributed by atoms with Gasteiger partial charge in [-0.1, -0.05) is 34.6 Å². The molecule has 0 aromatic heterocycles. The second-order valence-corrected chi connectivity index (χ2v) is 7.75. The summed E-state index contributed by atoms with van der Waals surface area (Å²) in [6, 6.07) is 0. The lowest BCUT2D eigenvalue weighted by atomic mass is 9.69. The second-order valence-electron chi connectivity index (χ2n) is 7.75. The van der Waals surface area contributed by atoms with Crippen LogP contribution >= 0.6 is 0 Å². The Morgan fingerprint density at radius 1 is 1.11 bits per heavy atom. The fourth-order valence-electron chi connectivity index (χ4n) is 2.32. The molecule has 0 radical (unpaired) electrons. The van der Waals surface area contributed by atoms with Crippen molar-refractivity contribution in [3.8, 4) is 0 Å². The molecule has 3 nitrogen and oxygen atoms in total. The number of amides is 1. The maximum absolute atomic E-state index is 12.2. The summed E-state index contributed by atoms with van der Waals surface area (Å²) in [6.07, 6.45) is 3.81. The van der Waals surface area contributed by atoms with E-state index >= 15 is 0 Å². The van der Waals surface area contributed by atoms with Gasteiger partial charge in [-0.15, -0.1) is 0 Å². The Labute approximate surface area is 118 Å². The molecule has 0 saturated heterocycles. The Balaban J connectivity index is 2.40. The fourth-order valence-corrected chi connectivity index (χ4v) is 2.32. The van der Waals surface area contributed by atoms with Gasteiger partial charge in [-0.2, -0.15) is 0 Å². The predicted molar refractivity (Wildman–Crippen MR) is 78.8 cm³/mol. The molecule has 0 bridgehead atoms. The smallest absolute Gasteiger partial charge is 0.223 e. The van der Waals surface area contributed by atoms with Crippen LogP contribution in [0.4, 0.5) is 0 Å². The molecule has 1 saturated carbocycles. The van der Waals surface area contributed by atoms with Crippen molar-refractivity contribution in [2.75, 3.05) is 13.2 Å². The number of aliphatic hydroxyl groups is 1. The zero-order chi connectivity index (χ0) is 14.7. The van der Waals surface area contributed by atoms with E-state index in [2.05, 4.69) is 39.9 Å². The van der Waals surface area contributed by atoms with Crippen LogP contribution < -0.4 is 5.32 Å². The summed E-state index contributed by atoms with van der Waals surface area (Å²) in [5, 5.41) is 12.2. The van der Waals surface area contributed by atoms with Crippen LogP contribution in [0.1, 0.15) is 60.3 Å². The molecule has 1 aliphatic carbocycles. The van der Waals surface area contributed by atoms with E-state index in [1.54, 1.807) is 0 Å². The molecule has 0 aliphatic heterocycles. The summed E-state index contributed by atoms with van der Waals surface area (Å²) in [7, 11) is 0. The van der Waals surface area contributed by atoms with E-state index < -0.39 is 0 Å². The average molecular weight is 269 g/mol. The van der Waals surface area contributed by atoms with Gasteiger partial charge >= 0.3 is 0 Å². The van der Waals surface area contributed by atoms with Gasteiger partial charge in [-0.05, 0) is 42.4 Å². The molecule has 0 spiro atoms. The van der Waals surface area contributed by atoms with Gasteiger partial charge in [-0.3, -0.25) is 4.79 Å². The van der Waals surface area contributed by atoms with E-state index in [0.29, 0.717) is 5.92 Å². The molecule has 2 N–H and O–H groups in total. The first kappa shape index (κ1) is 16.5. The largest absolute Gasteiger partial charge is 0.396 e. The molecule has 0 aromatic carbocycles. The lowest BCUT2D eigenvalue weighted by molar-refractivity contribution is -0.127. The van der Waals surface area contributed by atoms with Crippen LogP contribution in [-0.2, 0) is 4.79 Å². The first-order valence-corrected chi connectivity index (χ1v) is 7.56. The summed E-state index contributed by atoms with van der Waals surface area (Å²) in [6.45, 7) is 12.1. The number of nitrogens with one attached hydrogen (secondary N) is 1. The van der Waals surface area contributed by atoms with Crippen molar-refractivity contribution in [3.63, 3.8) is 0 Å². The van der Waals surface area contributed by atoms with E-state index in [1.807, 2.05) is 0 Å². The molecule has 0 unspecified atom stereocenters. The number of carbonyl (C=O) groups excluding carboxylic acids is 1. The van der Waals surface area contributed by atoms with Crippen LogP contribution in [0.25, 0.3) is 0 Å². The molecular weight excluding hydrogens is 238 g/mol. The Bertz CT molecular complexity index is 296. The van der Waals surface area contributed by atoms with Gasteiger partial charge in [0.05, 0.1) is 0 Å². The van der Waals surface area contributed by atoms with E-state index in [4.69, 9.17) is 5.11 Å². The molecule has 19 heavy (non-hydrogen) atoms. The minimum atomic E-state index is 0.0883. The van der Waals surface area contributed by atoms with Crippen molar-refractivity contribution in [1.29, 1.82) is 0 Å². The van der Waals surface area contributed by atoms with Crippen LogP contribution in [0.5, 0.6) is 0 Å². The van der Waals surface area contributed by atoms with Gasteiger partial charge in [0, 0.05) is 19.1 Å². The maximum Gasteiger partial charge on any atom is 0.223 e. The van der Waals surface area contributed by atoms with E-state index in [-0.39, 0.29) is 29.3 Å². The molecule has 1 aliphatic rings. The second kappa shape index (κ2) is 6.25. The van der Waals surface area contributed by atoms with Crippen molar-refractivity contribution in [2.45, 2.75) is 60.3 Å². The molecule has 1 fully saturated rings. The lowest BCUT2D eigenvalue weighted by Gasteiger charge is -2.39. The first-order chi connectivity index (χ1) is 8.67. The summed E-state index contributed by atoms with van der Waals surface area (Å²) < 4.78 is 0. The molecular formula is C16H31NO2. The summed E-state index contributed by atoms with van der Waals surface area (Å²) in [5.41, 5.74) is 0.264.